The summed E-state index contributed by atoms with van der Waals surface area (Å²) in [6.07, 6.45) is 0.701. The van der Waals surface area contributed by atoms with Crippen LogP contribution >= 0.6 is 0 Å². The Kier molecular flexibility index (Phi) is 7.49. The van der Waals surface area contributed by atoms with Crippen LogP contribution in [0.25, 0.3) is 0 Å². The van der Waals surface area contributed by atoms with E-state index in [0.717, 1.165) is 5.75 Å². The first-order chi connectivity index (χ1) is 7.20. The van der Waals surface area contributed by atoms with Gasteiger partial charge in [-0.1, -0.05) is 24.8 Å². The van der Waals surface area contributed by atoms with Crippen molar-refractivity contribution in [3.05, 3.63) is 43.2 Å². The van der Waals surface area contributed by atoms with Gasteiger partial charge in [0, 0.05) is 0 Å². The van der Waals surface area contributed by atoms with Gasteiger partial charge in [-0.15, -0.1) is 0 Å². The molecule has 82 valence electrons. The lowest BCUT2D eigenvalue weighted by Gasteiger charge is -1.95. The minimum atomic E-state index is -0.711. The molecule has 0 saturated carbocycles. The lowest BCUT2D eigenvalue weighted by molar-refractivity contribution is 0.163. The van der Waals surface area contributed by atoms with Crippen LogP contribution in [0.4, 0.5) is 4.79 Å². The van der Waals surface area contributed by atoms with Gasteiger partial charge >= 0.3 is 6.09 Å². The highest BCUT2D eigenvalue weighted by atomic mass is 16.5. The predicted molar refractivity (Wildman–Crippen MR) is 58.5 cm³/mol. The number of hydrogen-bond acceptors (Lipinski definition) is 3. The average Bonchev–Trinajstić information content (AvgIpc) is 2.20. The monoisotopic (exact) mass is 209 g/mol. The molecule has 0 aromatic heterocycles. The van der Waals surface area contributed by atoms with E-state index in [2.05, 4.69) is 17.0 Å². The summed E-state index contributed by atoms with van der Waals surface area (Å²) in [5.41, 5.74) is 4.54. The van der Waals surface area contributed by atoms with Crippen LogP contribution < -0.4 is 10.5 Å². The van der Waals surface area contributed by atoms with Crippen molar-refractivity contribution in [2.75, 3.05) is 6.61 Å². The zero-order valence-corrected chi connectivity index (χ0v) is 8.68. The van der Waals surface area contributed by atoms with Crippen molar-refractivity contribution in [1.29, 1.82) is 0 Å². The largest absolute Gasteiger partial charge is 0.466 e. The number of benzene rings is 1. The number of para-hydroxylation sites is 1. The fourth-order valence-electron chi connectivity index (χ4n) is 0.738. The molecule has 0 saturated heterocycles. The first-order valence-electron chi connectivity index (χ1n) is 4.45. The first kappa shape index (κ1) is 13.0. The van der Waals surface area contributed by atoms with Crippen LogP contribution in [-0.4, -0.2) is 12.7 Å². The molecule has 0 atom stereocenters. The van der Waals surface area contributed by atoms with Crippen molar-refractivity contribution in [3.8, 4) is 5.75 Å². The maximum atomic E-state index is 9.60. The SMILES string of the molecule is C=COc1ccccc1.CCOC(N)=O. The quantitative estimate of drug-likeness (QED) is 0.777. The second kappa shape index (κ2) is 8.62. The Morgan fingerprint density at radius 2 is 2.07 bits per heavy atom. The summed E-state index contributed by atoms with van der Waals surface area (Å²) < 4.78 is 9.15. The van der Waals surface area contributed by atoms with Gasteiger partial charge in [0.05, 0.1) is 12.9 Å². The molecule has 0 aliphatic carbocycles. The zero-order valence-electron chi connectivity index (χ0n) is 8.68. The van der Waals surface area contributed by atoms with E-state index in [1.54, 1.807) is 6.92 Å². The molecule has 4 heteroatoms. The molecule has 0 aliphatic rings. The molecule has 4 nitrogen and oxygen atoms in total. The molecule has 0 aliphatic heterocycles. The molecule has 0 heterocycles. The highest BCUT2D eigenvalue weighted by Crippen LogP contribution is 2.07. The maximum absolute atomic E-state index is 9.60. The first-order valence-corrected chi connectivity index (χ1v) is 4.45. The smallest absolute Gasteiger partial charge is 0.404 e. The highest BCUT2D eigenvalue weighted by molar-refractivity contribution is 5.64. The minimum Gasteiger partial charge on any atom is -0.466 e. The summed E-state index contributed by atoms with van der Waals surface area (Å²) in [5.74, 6) is 0.826. The second-order valence-electron chi connectivity index (χ2n) is 2.35. The summed E-state index contributed by atoms with van der Waals surface area (Å²) in [6, 6.07) is 9.52. The molecule has 0 fully saturated rings. The molecule has 1 aromatic carbocycles. The molecule has 0 radical (unpaired) electrons. The van der Waals surface area contributed by atoms with Gasteiger partial charge in [0.1, 0.15) is 5.75 Å². The molecular formula is C11H15NO3. The van der Waals surface area contributed by atoms with Crippen molar-refractivity contribution >= 4 is 6.09 Å². The Morgan fingerprint density at radius 1 is 1.47 bits per heavy atom. The minimum absolute atomic E-state index is 0.356. The summed E-state index contributed by atoms with van der Waals surface area (Å²) in [4.78, 5) is 9.60. The zero-order chi connectivity index (χ0) is 11.5. The van der Waals surface area contributed by atoms with Gasteiger partial charge in [0.2, 0.25) is 0 Å². The number of nitrogens with two attached hydrogens (primary N) is 1. The van der Waals surface area contributed by atoms with E-state index in [0.29, 0.717) is 6.61 Å². The van der Waals surface area contributed by atoms with E-state index < -0.39 is 6.09 Å². The Labute approximate surface area is 89.3 Å². The van der Waals surface area contributed by atoms with Gasteiger partial charge < -0.3 is 15.2 Å². The van der Waals surface area contributed by atoms with Crippen molar-refractivity contribution in [2.24, 2.45) is 5.73 Å². The van der Waals surface area contributed by atoms with E-state index >= 15 is 0 Å². The third-order valence-electron chi connectivity index (χ3n) is 1.25. The topological polar surface area (TPSA) is 61.6 Å². The number of hydrogen-bond donors (Lipinski definition) is 1. The summed E-state index contributed by atoms with van der Waals surface area (Å²) in [7, 11) is 0. The van der Waals surface area contributed by atoms with E-state index in [4.69, 9.17) is 4.74 Å². The molecule has 0 bridgehead atoms. The van der Waals surface area contributed by atoms with Gasteiger partial charge in [-0.05, 0) is 19.1 Å². The van der Waals surface area contributed by atoms with Gasteiger partial charge in [-0.25, -0.2) is 4.79 Å². The molecule has 0 spiro atoms. The van der Waals surface area contributed by atoms with E-state index in [-0.39, 0.29) is 0 Å². The van der Waals surface area contributed by atoms with Crippen LogP contribution in [0, 0.1) is 0 Å². The van der Waals surface area contributed by atoms with Crippen LogP contribution in [0.5, 0.6) is 5.75 Å². The second-order valence-corrected chi connectivity index (χ2v) is 2.35. The fraction of sp³-hybridized carbons (Fsp3) is 0.182. The lowest BCUT2D eigenvalue weighted by atomic mass is 10.3. The van der Waals surface area contributed by atoms with Crippen molar-refractivity contribution in [1.82, 2.24) is 0 Å². The Balaban J connectivity index is 0.000000288. The van der Waals surface area contributed by atoms with E-state index in [9.17, 15) is 4.79 Å². The van der Waals surface area contributed by atoms with Crippen LogP contribution in [0.2, 0.25) is 0 Å². The predicted octanol–water partition coefficient (Wildman–Crippen LogP) is 2.31. The van der Waals surface area contributed by atoms with Crippen LogP contribution in [0.15, 0.2) is 43.2 Å². The lowest BCUT2D eigenvalue weighted by Crippen LogP contribution is -2.11. The van der Waals surface area contributed by atoms with Crippen molar-refractivity contribution in [3.63, 3.8) is 0 Å². The van der Waals surface area contributed by atoms with Crippen LogP contribution in [0.3, 0.4) is 0 Å². The molecular weight excluding hydrogens is 194 g/mol. The van der Waals surface area contributed by atoms with Crippen molar-refractivity contribution < 1.29 is 14.3 Å². The third kappa shape index (κ3) is 8.36. The molecule has 1 aromatic rings. The van der Waals surface area contributed by atoms with Gasteiger partial charge in [-0.2, -0.15) is 0 Å². The number of rotatable bonds is 3. The summed E-state index contributed by atoms with van der Waals surface area (Å²) in [5, 5.41) is 0. The Morgan fingerprint density at radius 3 is 2.40 bits per heavy atom. The number of carbonyl (C=O) groups excluding carboxylic acids is 1. The Hall–Kier alpha value is -1.97. The molecule has 1 amide bonds. The highest BCUT2D eigenvalue weighted by Gasteiger charge is 1.82. The number of primary amides is 1. The molecule has 0 unspecified atom stereocenters. The third-order valence-corrected chi connectivity index (χ3v) is 1.25. The number of amides is 1. The van der Waals surface area contributed by atoms with Gasteiger partial charge in [0.15, 0.2) is 0 Å². The summed E-state index contributed by atoms with van der Waals surface area (Å²) >= 11 is 0. The van der Waals surface area contributed by atoms with Gasteiger partial charge in [-0.3, -0.25) is 0 Å². The van der Waals surface area contributed by atoms with E-state index in [1.807, 2.05) is 30.3 Å². The molecule has 15 heavy (non-hydrogen) atoms. The van der Waals surface area contributed by atoms with Gasteiger partial charge in [0.25, 0.3) is 0 Å². The Bertz CT molecular complexity index is 285. The number of carbonyl (C=O) groups is 1. The summed E-state index contributed by atoms with van der Waals surface area (Å²) in [6.45, 7) is 5.49. The van der Waals surface area contributed by atoms with Crippen LogP contribution in [-0.2, 0) is 4.74 Å². The molecule has 1 rings (SSSR count). The van der Waals surface area contributed by atoms with E-state index in [1.165, 1.54) is 6.26 Å². The van der Waals surface area contributed by atoms with Crippen molar-refractivity contribution in [2.45, 2.75) is 6.92 Å². The van der Waals surface area contributed by atoms with Crippen LogP contribution in [0.1, 0.15) is 6.92 Å². The maximum Gasteiger partial charge on any atom is 0.404 e. The number of ether oxygens (including phenoxy) is 2. The fourth-order valence-corrected chi connectivity index (χ4v) is 0.738. The normalized spacial score (nSPS) is 8.07. The average molecular weight is 209 g/mol. The molecule has 2 N–H and O–H groups in total. The standard InChI is InChI=1S/C8H8O.C3H7NO2/c1-2-9-8-6-4-3-5-7-8;1-2-6-3(4)5/h2-7H,1H2;2H2,1H3,(H2,4,5).